The normalized spacial score (nSPS) is 26.6. The molecule has 0 heterocycles. The fraction of sp³-hybridized carbons (Fsp3) is 0.500. The van der Waals surface area contributed by atoms with Crippen molar-refractivity contribution in [3.8, 4) is 0 Å². The van der Waals surface area contributed by atoms with Crippen molar-refractivity contribution in [2.24, 2.45) is 11.3 Å². The molecule has 0 aliphatic heterocycles. The van der Waals surface area contributed by atoms with Crippen LogP contribution in [0.1, 0.15) is 31.2 Å². The zero-order valence-corrected chi connectivity index (χ0v) is 11.6. The first kappa shape index (κ1) is 15.6. The third-order valence-electron chi connectivity index (χ3n) is 4.26. The molecule has 2 rings (SSSR count). The predicted molar refractivity (Wildman–Crippen MR) is 73.2 cm³/mol. The molecule has 2 atom stereocenters. The summed E-state index contributed by atoms with van der Waals surface area (Å²) in [5.41, 5.74) is -1.66. The smallest absolute Gasteiger partial charge is 0.323 e. The van der Waals surface area contributed by atoms with Crippen molar-refractivity contribution in [2.45, 2.75) is 38.5 Å². The number of Topliss-reactive ketones (excluding diaryl/α,β-unsaturated/α-hetero) is 1. The highest BCUT2D eigenvalue weighted by Gasteiger charge is 2.56. The molecule has 1 aliphatic carbocycles. The summed E-state index contributed by atoms with van der Waals surface area (Å²) >= 11 is 0. The van der Waals surface area contributed by atoms with Crippen molar-refractivity contribution >= 4 is 11.8 Å². The molecule has 1 N–H and O–H groups in total. The number of halogens is 2. The van der Waals surface area contributed by atoms with Gasteiger partial charge in [-0.05, 0) is 24.8 Å². The van der Waals surface area contributed by atoms with Crippen LogP contribution in [0.3, 0.4) is 0 Å². The molecular weight excluding hydrogens is 278 g/mol. The van der Waals surface area contributed by atoms with Gasteiger partial charge in [0, 0.05) is 5.92 Å². The van der Waals surface area contributed by atoms with Crippen molar-refractivity contribution < 1.29 is 23.5 Å². The lowest BCUT2D eigenvalue weighted by Crippen LogP contribution is -2.47. The summed E-state index contributed by atoms with van der Waals surface area (Å²) in [6.45, 7) is 0. The van der Waals surface area contributed by atoms with Crippen molar-refractivity contribution in [1.29, 1.82) is 0 Å². The van der Waals surface area contributed by atoms with Crippen LogP contribution in [0.25, 0.3) is 0 Å². The van der Waals surface area contributed by atoms with Gasteiger partial charge < -0.3 is 5.11 Å². The van der Waals surface area contributed by atoms with E-state index in [1.54, 1.807) is 0 Å². The van der Waals surface area contributed by atoms with Crippen molar-refractivity contribution in [2.75, 3.05) is 0 Å². The third kappa shape index (κ3) is 2.96. The topological polar surface area (TPSA) is 54.4 Å². The van der Waals surface area contributed by atoms with E-state index in [-0.39, 0.29) is 6.42 Å². The molecule has 3 nitrogen and oxygen atoms in total. The van der Waals surface area contributed by atoms with Crippen LogP contribution >= 0.6 is 0 Å². The Balaban J connectivity index is 2.30. The second-order valence-corrected chi connectivity index (χ2v) is 5.57. The van der Waals surface area contributed by atoms with E-state index in [1.807, 2.05) is 30.3 Å². The molecule has 5 heteroatoms. The van der Waals surface area contributed by atoms with Gasteiger partial charge in [0.05, 0.1) is 0 Å². The van der Waals surface area contributed by atoms with E-state index >= 15 is 0 Å². The van der Waals surface area contributed by atoms with E-state index in [0.29, 0.717) is 25.7 Å². The SMILES string of the molecule is O=C(O)C1(C(F)F)CCCCC(Cc2ccccc2)C1=O. The van der Waals surface area contributed by atoms with Gasteiger partial charge in [-0.2, -0.15) is 0 Å². The molecule has 21 heavy (non-hydrogen) atoms. The number of alkyl halides is 2. The maximum absolute atomic E-state index is 13.4. The lowest BCUT2D eigenvalue weighted by atomic mass is 9.75. The highest BCUT2D eigenvalue weighted by atomic mass is 19.3. The van der Waals surface area contributed by atoms with Crippen LogP contribution in [-0.2, 0) is 16.0 Å². The fourth-order valence-electron chi connectivity index (χ4n) is 3.03. The largest absolute Gasteiger partial charge is 0.480 e. The van der Waals surface area contributed by atoms with E-state index in [1.165, 1.54) is 0 Å². The number of rotatable bonds is 4. The molecule has 0 spiro atoms. The average molecular weight is 296 g/mol. The molecule has 2 unspecified atom stereocenters. The number of hydrogen-bond donors (Lipinski definition) is 1. The summed E-state index contributed by atoms with van der Waals surface area (Å²) in [5.74, 6) is -3.16. The average Bonchev–Trinajstić information content (AvgIpc) is 2.61. The van der Waals surface area contributed by atoms with Crippen LogP contribution in [0.15, 0.2) is 30.3 Å². The standard InChI is InChI=1S/C16H18F2O3/c17-14(18)16(15(20)21)9-5-4-8-12(13(16)19)10-11-6-2-1-3-7-11/h1-3,6-7,12,14H,4-5,8-10H2,(H,20,21). The van der Waals surface area contributed by atoms with Gasteiger partial charge in [0.1, 0.15) is 0 Å². The molecule has 1 aliphatic rings. The second kappa shape index (κ2) is 6.33. The Hall–Kier alpha value is -1.78. The van der Waals surface area contributed by atoms with Crippen LogP contribution in [-0.4, -0.2) is 23.3 Å². The summed E-state index contributed by atoms with van der Waals surface area (Å²) in [5, 5.41) is 9.24. The van der Waals surface area contributed by atoms with Crippen LogP contribution < -0.4 is 0 Å². The highest BCUT2D eigenvalue weighted by Crippen LogP contribution is 2.41. The van der Waals surface area contributed by atoms with Crippen molar-refractivity contribution in [3.63, 3.8) is 0 Å². The van der Waals surface area contributed by atoms with Crippen molar-refractivity contribution in [1.82, 2.24) is 0 Å². The molecule has 1 saturated carbocycles. The Labute approximate surface area is 122 Å². The summed E-state index contributed by atoms with van der Waals surface area (Å²) < 4.78 is 26.7. The summed E-state index contributed by atoms with van der Waals surface area (Å²) in [6, 6.07) is 9.10. The number of benzene rings is 1. The third-order valence-corrected chi connectivity index (χ3v) is 4.26. The first-order chi connectivity index (χ1) is 9.98. The van der Waals surface area contributed by atoms with Crippen LogP contribution in [0.4, 0.5) is 8.78 Å². The van der Waals surface area contributed by atoms with Gasteiger partial charge in [0.25, 0.3) is 6.43 Å². The fourth-order valence-corrected chi connectivity index (χ4v) is 3.03. The molecule has 114 valence electrons. The Morgan fingerprint density at radius 2 is 1.95 bits per heavy atom. The van der Waals surface area contributed by atoms with E-state index in [0.717, 1.165) is 5.56 Å². The van der Waals surface area contributed by atoms with Gasteiger partial charge in [0.15, 0.2) is 11.2 Å². The monoisotopic (exact) mass is 296 g/mol. The highest BCUT2D eigenvalue weighted by molar-refractivity contribution is 6.05. The quantitative estimate of drug-likeness (QED) is 0.685. The van der Waals surface area contributed by atoms with Crippen LogP contribution in [0.5, 0.6) is 0 Å². The van der Waals surface area contributed by atoms with Crippen LogP contribution in [0, 0.1) is 11.3 Å². The lowest BCUT2D eigenvalue weighted by molar-refractivity contribution is -0.168. The lowest BCUT2D eigenvalue weighted by Gasteiger charge is -2.28. The van der Waals surface area contributed by atoms with Crippen molar-refractivity contribution in [3.05, 3.63) is 35.9 Å². The minimum absolute atomic E-state index is 0.274. The van der Waals surface area contributed by atoms with Gasteiger partial charge in [-0.15, -0.1) is 0 Å². The number of carboxylic acids is 1. The Kier molecular flexibility index (Phi) is 4.70. The first-order valence-corrected chi connectivity index (χ1v) is 7.08. The van der Waals surface area contributed by atoms with E-state index < -0.39 is 29.5 Å². The molecule has 0 amide bonds. The minimum Gasteiger partial charge on any atom is -0.480 e. The summed E-state index contributed by atoms with van der Waals surface area (Å²) in [4.78, 5) is 23.9. The first-order valence-electron chi connectivity index (χ1n) is 7.08. The maximum atomic E-state index is 13.4. The molecule has 0 radical (unpaired) electrons. The van der Waals surface area contributed by atoms with Gasteiger partial charge in [0.2, 0.25) is 0 Å². The Morgan fingerprint density at radius 3 is 2.52 bits per heavy atom. The molecule has 1 aromatic rings. The molecular formula is C16H18F2O3. The summed E-state index contributed by atoms with van der Waals surface area (Å²) in [7, 11) is 0. The van der Waals surface area contributed by atoms with Crippen LogP contribution in [0.2, 0.25) is 0 Å². The Morgan fingerprint density at radius 1 is 1.29 bits per heavy atom. The number of hydrogen-bond acceptors (Lipinski definition) is 2. The number of carbonyl (C=O) groups is 2. The van der Waals surface area contributed by atoms with Gasteiger partial charge in [-0.25, -0.2) is 8.78 Å². The van der Waals surface area contributed by atoms with Gasteiger partial charge in [-0.3, -0.25) is 9.59 Å². The number of aliphatic carboxylic acids is 1. The predicted octanol–water partition coefficient (Wildman–Crippen LogP) is 3.32. The van der Waals surface area contributed by atoms with E-state index in [9.17, 15) is 23.5 Å². The molecule has 0 bridgehead atoms. The van der Waals surface area contributed by atoms with E-state index in [4.69, 9.17) is 0 Å². The molecule has 0 aromatic heterocycles. The maximum Gasteiger partial charge on any atom is 0.323 e. The zero-order chi connectivity index (χ0) is 15.5. The second-order valence-electron chi connectivity index (χ2n) is 5.57. The number of carbonyl (C=O) groups excluding carboxylic acids is 1. The Bertz CT molecular complexity index is 516. The number of carboxylic acid groups (broad SMARTS) is 1. The molecule has 1 aromatic carbocycles. The summed E-state index contributed by atoms with van der Waals surface area (Å²) in [6.07, 6.45) is -1.71. The van der Waals surface area contributed by atoms with E-state index in [2.05, 4.69) is 0 Å². The van der Waals surface area contributed by atoms with Gasteiger partial charge >= 0.3 is 5.97 Å². The molecule has 0 saturated heterocycles. The minimum atomic E-state index is -3.17. The van der Waals surface area contributed by atoms with Gasteiger partial charge in [-0.1, -0.05) is 43.2 Å². The number of ketones is 1. The zero-order valence-electron chi connectivity index (χ0n) is 11.6. The molecule has 1 fully saturated rings.